The first kappa shape index (κ1) is 25.4. The van der Waals surface area contributed by atoms with Crippen molar-refractivity contribution < 1.29 is 24.2 Å². The maximum atomic E-state index is 13.7. The van der Waals surface area contributed by atoms with Gasteiger partial charge in [-0.1, -0.05) is 26.0 Å². The molecular weight excluding hydrogens is 454 g/mol. The van der Waals surface area contributed by atoms with Gasteiger partial charge in [-0.25, -0.2) is 9.48 Å². The minimum absolute atomic E-state index is 0.0848. The van der Waals surface area contributed by atoms with E-state index in [2.05, 4.69) is 20.9 Å². The van der Waals surface area contributed by atoms with E-state index in [9.17, 15) is 19.5 Å². The Morgan fingerprint density at radius 1 is 1.17 bits per heavy atom. The van der Waals surface area contributed by atoms with Gasteiger partial charge in [-0.05, 0) is 18.3 Å². The zero-order chi connectivity index (χ0) is 25.2. The van der Waals surface area contributed by atoms with Gasteiger partial charge in [0.1, 0.15) is 12.1 Å². The number of aromatic nitrogens is 3. The van der Waals surface area contributed by atoms with Gasteiger partial charge in [-0.2, -0.15) is 0 Å². The summed E-state index contributed by atoms with van der Waals surface area (Å²) in [4.78, 5) is 42.0. The second-order valence-electron chi connectivity index (χ2n) is 10.7. The van der Waals surface area contributed by atoms with Crippen molar-refractivity contribution in [3.05, 3.63) is 11.9 Å². The highest BCUT2D eigenvalue weighted by Gasteiger charge is 2.45. The molecule has 0 bridgehead atoms. The normalized spacial score (nSPS) is 23.8. The van der Waals surface area contributed by atoms with E-state index in [1.807, 2.05) is 27.0 Å². The molecular formula is C23H37N7O5. The number of carbonyl (C=O) groups excluding carboxylic acids is 3. The van der Waals surface area contributed by atoms with E-state index in [1.165, 1.54) is 4.90 Å². The molecule has 194 valence electrons. The largest absolute Gasteiger partial charge is 0.391 e. The minimum Gasteiger partial charge on any atom is -0.391 e. The molecule has 3 N–H and O–H groups in total. The van der Waals surface area contributed by atoms with Crippen molar-refractivity contribution in [2.75, 3.05) is 45.9 Å². The van der Waals surface area contributed by atoms with Crippen LogP contribution in [0.3, 0.4) is 0 Å². The second kappa shape index (κ2) is 10.5. The Kier molecular flexibility index (Phi) is 7.60. The number of rotatable bonds is 7. The number of carbonyl (C=O) groups is 3. The first-order valence-electron chi connectivity index (χ1n) is 12.4. The Labute approximate surface area is 205 Å². The summed E-state index contributed by atoms with van der Waals surface area (Å²) in [5.41, 5.74) is 0.408. The lowest BCUT2D eigenvalue weighted by atomic mass is 9.85. The Hall–Kier alpha value is -2.73. The molecule has 35 heavy (non-hydrogen) atoms. The fourth-order valence-electron chi connectivity index (χ4n) is 4.68. The van der Waals surface area contributed by atoms with Crippen molar-refractivity contribution in [1.82, 2.24) is 35.4 Å². The molecule has 3 heterocycles. The number of amides is 4. The molecule has 4 amide bonds. The van der Waals surface area contributed by atoms with E-state index >= 15 is 0 Å². The van der Waals surface area contributed by atoms with Gasteiger partial charge < -0.3 is 30.3 Å². The Bertz CT molecular complexity index is 920. The van der Waals surface area contributed by atoms with Crippen molar-refractivity contribution in [2.45, 2.75) is 64.1 Å². The monoisotopic (exact) mass is 491 g/mol. The number of ether oxygens (including phenoxy) is 1. The predicted octanol–water partition coefficient (Wildman–Crippen LogP) is -0.137. The highest BCUT2D eigenvalue weighted by molar-refractivity contribution is 5.90. The third-order valence-electron chi connectivity index (χ3n) is 6.71. The number of likely N-dealkylation sites (tertiary alicyclic amines) is 1. The standard InChI is InChI=1S/C23H37N7O5/c1-23(2,3)19(30-14-17(26-27-30)15-4-5-15)21(33)29-13-16(31)12-18(29)20(32)24-6-7-25-22(34)28-8-10-35-11-9-28/h14-16,18-19,31H,4-13H2,1-3H3,(H,24,32)(H,25,34)/t16-,18+,19-/m1/s1. The summed E-state index contributed by atoms with van der Waals surface area (Å²) >= 11 is 0. The van der Waals surface area contributed by atoms with E-state index in [4.69, 9.17) is 4.74 Å². The number of nitrogens with zero attached hydrogens (tertiary/aromatic N) is 5. The van der Waals surface area contributed by atoms with Gasteiger partial charge in [0.05, 0.1) is 25.0 Å². The second-order valence-corrected chi connectivity index (χ2v) is 10.7. The molecule has 0 radical (unpaired) electrons. The molecule has 1 aromatic heterocycles. The summed E-state index contributed by atoms with van der Waals surface area (Å²) in [6.07, 6.45) is 3.39. The molecule has 1 saturated carbocycles. The van der Waals surface area contributed by atoms with Crippen LogP contribution >= 0.6 is 0 Å². The fourth-order valence-corrected chi connectivity index (χ4v) is 4.68. The van der Waals surface area contributed by atoms with Crippen molar-refractivity contribution >= 4 is 17.8 Å². The Balaban J connectivity index is 1.36. The average molecular weight is 492 g/mol. The Morgan fingerprint density at radius 3 is 2.51 bits per heavy atom. The lowest BCUT2D eigenvalue weighted by Crippen LogP contribution is -2.51. The molecule has 2 aliphatic heterocycles. The van der Waals surface area contributed by atoms with Crippen LogP contribution in [0.2, 0.25) is 0 Å². The van der Waals surface area contributed by atoms with E-state index < -0.39 is 23.6 Å². The van der Waals surface area contributed by atoms with E-state index in [0.717, 1.165) is 18.5 Å². The fraction of sp³-hybridized carbons (Fsp3) is 0.783. The molecule has 4 rings (SSSR count). The molecule has 3 aliphatic rings. The summed E-state index contributed by atoms with van der Waals surface area (Å²) in [6.45, 7) is 8.54. The number of morpholine rings is 1. The number of urea groups is 1. The van der Waals surface area contributed by atoms with Gasteiger partial charge in [0.15, 0.2) is 0 Å². The van der Waals surface area contributed by atoms with Gasteiger partial charge in [0.25, 0.3) is 0 Å². The zero-order valence-corrected chi connectivity index (χ0v) is 20.8. The van der Waals surface area contributed by atoms with Crippen LogP contribution in [0.1, 0.15) is 57.7 Å². The maximum absolute atomic E-state index is 13.7. The number of hydrogen-bond donors (Lipinski definition) is 3. The Morgan fingerprint density at radius 2 is 1.86 bits per heavy atom. The van der Waals surface area contributed by atoms with Crippen LogP contribution < -0.4 is 10.6 Å². The van der Waals surface area contributed by atoms with Crippen molar-refractivity contribution in [3.8, 4) is 0 Å². The molecule has 12 nitrogen and oxygen atoms in total. The van der Waals surface area contributed by atoms with Crippen LogP contribution in [-0.4, -0.2) is 106 Å². The van der Waals surface area contributed by atoms with E-state index in [-0.39, 0.29) is 43.9 Å². The summed E-state index contributed by atoms with van der Waals surface area (Å²) in [5.74, 6) is -0.196. The van der Waals surface area contributed by atoms with Gasteiger partial charge in [0, 0.05) is 51.3 Å². The summed E-state index contributed by atoms with van der Waals surface area (Å²) in [5, 5.41) is 24.4. The zero-order valence-electron chi connectivity index (χ0n) is 20.8. The van der Waals surface area contributed by atoms with Crippen LogP contribution in [0, 0.1) is 5.41 Å². The number of β-amino-alcohol motifs (C(OH)–C–C–N with tert-alkyl or cyclic N) is 1. The van der Waals surface area contributed by atoms with Gasteiger partial charge in [-0.15, -0.1) is 5.10 Å². The van der Waals surface area contributed by atoms with E-state index in [1.54, 1.807) is 9.58 Å². The van der Waals surface area contributed by atoms with Crippen LogP contribution in [0.15, 0.2) is 6.20 Å². The number of hydrogen-bond acceptors (Lipinski definition) is 7. The third kappa shape index (κ3) is 6.10. The van der Waals surface area contributed by atoms with Crippen LogP contribution in [0.25, 0.3) is 0 Å². The molecule has 2 saturated heterocycles. The topological polar surface area (TPSA) is 142 Å². The number of nitrogens with one attached hydrogen (secondary N) is 2. The highest BCUT2D eigenvalue weighted by atomic mass is 16.5. The van der Waals surface area contributed by atoms with Crippen LogP contribution in [0.5, 0.6) is 0 Å². The lowest BCUT2D eigenvalue weighted by molar-refractivity contribution is -0.144. The van der Waals surface area contributed by atoms with Crippen molar-refractivity contribution in [2.24, 2.45) is 5.41 Å². The molecule has 3 fully saturated rings. The summed E-state index contributed by atoms with van der Waals surface area (Å²) in [7, 11) is 0. The molecule has 1 aromatic rings. The van der Waals surface area contributed by atoms with Gasteiger partial charge in [0.2, 0.25) is 11.8 Å². The molecule has 0 aromatic carbocycles. The number of aliphatic hydroxyl groups is 1. The molecule has 0 unspecified atom stereocenters. The molecule has 12 heteroatoms. The lowest BCUT2D eigenvalue weighted by Gasteiger charge is -2.34. The van der Waals surface area contributed by atoms with Gasteiger partial charge >= 0.3 is 6.03 Å². The summed E-state index contributed by atoms with van der Waals surface area (Å²) in [6, 6.07) is -1.64. The maximum Gasteiger partial charge on any atom is 0.317 e. The minimum atomic E-state index is -0.788. The number of aliphatic hydroxyl groups excluding tert-OH is 1. The molecule has 1 aliphatic carbocycles. The third-order valence-corrected chi connectivity index (χ3v) is 6.71. The molecule has 3 atom stereocenters. The SMILES string of the molecule is CC(C)(C)[C@@H](C(=O)N1C[C@H](O)C[C@H]1C(=O)NCCNC(=O)N1CCOCC1)n1cc(C2CC2)nn1. The van der Waals surface area contributed by atoms with Crippen molar-refractivity contribution in [1.29, 1.82) is 0 Å². The van der Waals surface area contributed by atoms with Crippen molar-refractivity contribution in [3.63, 3.8) is 0 Å². The summed E-state index contributed by atoms with van der Waals surface area (Å²) < 4.78 is 6.85. The average Bonchev–Trinajstić information content (AvgIpc) is 3.43. The van der Waals surface area contributed by atoms with Gasteiger partial charge in [-0.3, -0.25) is 9.59 Å². The quantitative estimate of drug-likeness (QED) is 0.451. The van der Waals surface area contributed by atoms with E-state index in [0.29, 0.717) is 32.2 Å². The smallest absolute Gasteiger partial charge is 0.317 e. The van der Waals surface area contributed by atoms with Crippen LogP contribution in [-0.2, 0) is 14.3 Å². The predicted molar refractivity (Wildman–Crippen MR) is 125 cm³/mol. The van der Waals surface area contributed by atoms with Crippen LogP contribution in [0.4, 0.5) is 4.79 Å². The first-order chi connectivity index (χ1) is 16.6. The first-order valence-corrected chi connectivity index (χ1v) is 12.4. The molecule has 0 spiro atoms. The highest BCUT2D eigenvalue weighted by Crippen LogP contribution is 2.40.